The average molecular weight is 372 g/mol. The number of nitrogens with one attached hydrogen (secondary N) is 2. The highest BCUT2D eigenvalue weighted by atomic mass is 19.1. The van der Waals surface area contributed by atoms with E-state index < -0.39 is 0 Å². The van der Waals surface area contributed by atoms with Gasteiger partial charge in [-0.25, -0.2) is 4.39 Å². The maximum atomic E-state index is 13.8. The number of aromatic amines is 1. The Bertz CT molecular complexity index is 1090. The van der Waals surface area contributed by atoms with Gasteiger partial charge in [-0.15, -0.1) is 0 Å². The van der Waals surface area contributed by atoms with Crippen LogP contribution in [-0.2, 0) is 11.2 Å². The van der Waals surface area contributed by atoms with Gasteiger partial charge >= 0.3 is 0 Å². The van der Waals surface area contributed by atoms with Crippen molar-refractivity contribution in [1.82, 2.24) is 10.3 Å². The standard InChI is InChI=1S/C24H21FN2O/c25-22-12-6-4-10-18(22)14-24(28)27-15-20(17-8-2-1-3-9-17)21-16-26-23-13-7-5-11-19(21)23/h1-13,16,20,26H,14-15H2,(H,27,28)/t20-/m0/s1. The van der Waals surface area contributed by atoms with Gasteiger partial charge in [0.1, 0.15) is 5.82 Å². The lowest BCUT2D eigenvalue weighted by Crippen LogP contribution is -2.30. The van der Waals surface area contributed by atoms with E-state index in [0.29, 0.717) is 12.1 Å². The van der Waals surface area contributed by atoms with Crippen LogP contribution in [0.5, 0.6) is 0 Å². The van der Waals surface area contributed by atoms with Gasteiger partial charge in [0.2, 0.25) is 5.91 Å². The minimum atomic E-state index is -0.353. The molecule has 1 amide bonds. The molecule has 3 nitrogen and oxygen atoms in total. The van der Waals surface area contributed by atoms with Crippen LogP contribution in [0.25, 0.3) is 10.9 Å². The van der Waals surface area contributed by atoms with Gasteiger partial charge in [-0.05, 0) is 28.8 Å². The van der Waals surface area contributed by atoms with Gasteiger partial charge in [0.05, 0.1) is 6.42 Å². The summed E-state index contributed by atoms with van der Waals surface area (Å²) in [5.41, 5.74) is 3.73. The van der Waals surface area contributed by atoms with Gasteiger partial charge in [-0.1, -0.05) is 66.7 Å². The minimum absolute atomic E-state index is 0.00178. The van der Waals surface area contributed by atoms with E-state index in [9.17, 15) is 9.18 Å². The Labute approximate surface area is 163 Å². The minimum Gasteiger partial charge on any atom is -0.361 e. The molecule has 140 valence electrons. The SMILES string of the molecule is O=C(Cc1ccccc1F)NC[C@@H](c1ccccc1)c1c[nH]c2ccccc12. The van der Waals surface area contributed by atoms with Crippen LogP contribution in [0.4, 0.5) is 4.39 Å². The highest BCUT2D eigenvalue weighted by Gasteiger charge is 2.19. The first-order valence-electron chi connectivity index (χ1n) is 9.33. The molecule has 0 aliphatic carbocycles. The molecule has 1 atom stereocenters. The number of halogens is 1. The van der Waals surface area contributed by atoms with E-state index in [2.05, 4.69) is 28.5 Å². The predicted octanol–water partition coefficient (Wildman–Crippen LogP) is 4.80. The molecule has 0 radical (unpaired) electrons. The molecule has 0 fully saturated rings. The lowest BCUT2D eigenvalue weighted by atomic mass is 9.91. The number of fused-ring (bicyclic) bond motifs is 1. The summed E-state index contributed by atoms with van der Waals surface area (Å²) in [4.78, 5) is 15.8. The zero-order chi connectivity index (χ0) is 19.3. The molecule has 0 bridgehead atoms. The van der Waals surface area contributed by atoms with E-state index in [4.69, 9.17) is 0 Å². The Morgan fingerprint density at radius 2 is 1.64 bits per heavy atom. The van der Waals surface area contributed by atoms with Crippen LogP contribution in [0.1, 0.15) is 22.6 Å². The number of carbonyl (C=O) groups excluding carboxylic acids is 1. The summed E-state index contributed by atoms with van der Waals surface area (Å²) in [6, 6.07) is 24.6. The molecule has 0 aliphatic rings. The fraction of sp³-hybridized carbons (Fsp3) is 0.125. The molecule has 1 aromatic heterocycles. The molecule has 4 aromatic rings. The average Bonchev–Trinajstić information content (AvgIpc) is 3.15. The number of hydrogen-bond acceptors (Lipinski definition) is 1. The van der Waals surface area contributed by atoms with E-state index in [0.717, 1.165) is 22.0 Å². The lowest BCUT2D eigenvalue weighted by Gasteiger charge is -2.18. The zero-order valence-electron chi connectivity index (χ0n) is 15.4. The summed E-state index contributed by atoms with van der Waals surface area (Å²) in [6.45, 7) is 0.444. The van der Waals surface area contributed by atoms with Crippen LogP contribution in [0.3, 0.4) is 0 Å². The van der Waals surface area contributed by atoms with Gasteiger partial charge < -0.3 is 10.3 Å². The Kier molecular flexibility index (Phi) is 5.20. The number of benzene rings is 3. The lowest BCUT2D eigenvalue weighted by molar-refractivity contribution is -0.120. The third-order valence-corrected chi connectivity index (χ3v) is 5.01. The van der Waals surface area contributed by atoms with E-state index in [1.807, 2.05) is 42.6 Å². The highest BCUT2D eigenvalue weighted by molar-refractivity contribution is 5.84. The van der Waals surface area contributed by atoms with E-state index in [1.54, 1.807) is 18.2 Å². The summed E-state index contributed by atoms with van der Waals surface area (Å²) in [6.07, 6.45) is 2.04. The normalized spacial score (nSPS) is 12.0. The van der Waals surface area contributed by atoms with E-state index in [1.165, 1.54) is 6.07 Å². The van der Waals surface area contributed by atoms with Crippen molar-refractivity contribution in [2.45, 2.75) is 12.3 Å². The first-order chi connectivity index (χ1) is 13.7. The van der Waals surface area contributed by atoms with Crippen molar-refractivity contribution >= 4 is 16.8 Å². The fourth-order valence-corrected chi connectivity index (χ4v) is 3.57. The Hall–Kier alpha value is -3.40. The topological polar surface area (TPSA) is 44.9 Å². The number of aromatic nitrogens is 1. The zero-order valence-corrected chi connectivity index (χ0v) is 15.4. The van der Waals surface area contributed by atoms with Crippen LogP contribution in [-0.4, -0.2) is 17.4 Å². The number of carbonyl (C=O) groups is 1. The van der Waals surface area contributed by atoms with Crippen molar-refractivity contribution in [2.24, 2.45) is 0 Å². The molecule has 0 spiro atoms. The Morgan fingerprint density at radius 3 is 2.46 bits per heavy atom. The first kappa shape index (κ1) is 18.0. The molecule has 3 aromatic carbocycles. The molecule has 0 unspecified atom stereocenters. The van der Waals surface area contributed by atoms with Crippen molar-refractivity contribution in [3.8, 4) is 0 Å². The molecule has 0 saturated carbocycles. The van der Waals surface area contributed by atoms with Crippen molar-refractivity contribution < 1.29 is 9.18 Å². The molecule has 4 heteroatoms. The molecule has 28 heavy (non-hydrogen) atoms. The Morgan fingerprint density at radius 1 is 0.929 bits per heavy atom. The molecule has 4 rings (SSSR count). The van der Waals surface area contributed by atoms with Gasteiger partial charge in [-0.2, -0.15) is 0 Å². The number of rotatable bonds is 6. The summed E-state index contributed by atoms with van der Waals surface area (Å²) in [5, 5.41) is 4.13. The van der Waals surface area contributed by atoms with Crippen LogP contribution in [0.2, 0.25) is 0 Å². The van der Waals surface area contributed by atoms with E-state index in [-0.39, 0.29) is 24.1 Å². The van der Waals surface area contributed by atoms with Crippen LogP contribution in [0, 0.1) is 5.82 Å². The third-order valence-electron chi connectivity index (χ3n) is 5.01. The second-order valence-electron chi connectivity index (χ2n) is 6.83. The Balaban J connectivity index is 1.57. The molecular formula is C24H21FN2O. The summed E-state index contributed by atoms with van der Waals surface area (Å²) < 4.78 is 13.8. The second kappa shape index (κ2) is 8.09. The number of H-pyrrole nitrogens is 1. The largest absolute Gasteiger partial charge is 0.361 e. The van der Waals surface area contributed by atoms with Crippen molar-refractivity contribution in [3.63, 3.8) is 0 Å². The molecule has 0 aliphatic heterocycles. The molecule has 1 heterocycles. The van der Waals surface area contributed by atoms with Crippen LogP contribution in [0.15, 0.2) is 85.1 Å². The van der Waals surface area contributed by atoms with Crippen molar-refractivity contribution in [2.75, 3.05) is 6.54 Å². The predicted molar refractivity (Wildman–Crippen MR) is 110 cm³/mol. The third kappa shape index (κ3) is 3.81. The smallest absolute Gasteiger partial charge is 0.224 e. The van der Waals surface area contributed by atoms with Gasteiger partial charge in [0, 0.05) is 29.6 Å². The highest BCUT2D eigenvalue weighted by Crippen LogP contribution is 2.30. The van der Waals surface area contributed by atoms with Crippen LogP contribution >= 0.6 is 0 Å². The number of amides is 1. The maximum Gasteiger partial charge on any atom is 0.224 e. The molecule has 0 saturated heterocycles. The van der Waals surface area contributed by atoms with Gasteiger partial charge in [0.25, 0.3) is 0 Å². The number of hydrogen-bond donors (Lipinski definition) is 2. The first-order valence-corrected chi connectivity index (χ1v) is 9.33. The van der Waals surface area contributed by atoms with Crippen molar-refractivity contribution in [1.29, 1.82) is 0 Å². The van der Waals surface area contributed by atoms with Gasteiger partial charge in [0.15, 0.2) is 0 Å². The monoisotopic (exact) mass is 372 g/mol. The quantitative estimate of drug-likeness (QED) is 0.502. The van der Waals surface area contributed by atoms with Crippen molar-refractivity contribution in [3.05, 3.63) is 108 Å². The maximum absolute atomic E-state index is 13.8. The molecule has 2 N–H and O–H groups in total. The number of para-hydroxylation sites is 1. The summed E-state index contributed by atoms with van der Waals surface area (Å²) in [5.74, 6) is -0.540. The fourth-order valence-electron chi connectivity index (χ4n) is 3.57. The summed E-state index contributed by atoms with van der Waals surface area (Å²) in [7, 11) is 0. The van der Waals surface area contributed by atoms with Gasteiger partial charge in [-0.3, -0.25) is 4.79 Å². The summed E-state index contributed by atoms with van der Waals surface area (Å²) >= 11 is 0. The molecular weight excluding hydrogens is 351 g/mol. The van der Waals surface area contributed by atoms with Crippen LogP contribution < -0.4 is 5.32 Å². The van der Waals surface area contributed by atoms with E-state index >= 15 is 0 Å². The second-order valence-corrected chi connectivity index (χ2v) is 6.83.